The van der Waals surface area contributed by atoms with Crippen LogP contribution in [0.15, 0.2) is 42.5 Å². The van der Waals surface area contributed by atoms with Crippen molar-refractivity contribution < 1.29 is 41.0 Å². The van der Waals surface area contributed by atoms with Gasteiger partial charge in [0.1, 0.15) is 6.61 Å². The summed E-state index contributed by atoms with van der Waals surface area (Å²) in [7, 11) is 0. The van der Waals surface area contributed by atoms with Crippen molar-refractivity contribution in [3.05, 3.63) is 70.3 Å². The number of carbonyl (C=O) groups is 2. The van der Waals surface area contributed by atoms with Crippen LogP contribution < -0.4 is 10.6 Å². The first-order chi connectivity index (χ1) is 16.4. The minimum atomic E-state index is -5.00. The minimum Gasteiger partial charge on any atom is -0.388 e. The Hall–Kier alpha value is -3.18. The zero-order chi connectivity index (χ0) is 25.8. The van der Waals surface area contributed by atoms with Crippen LogP contribution in [-0.4, -0.2) is 29.9 Å². The van der Waals surface area contributed by atoms with Crippen molar-refractivity contribution in [2.45, 2.75) is 37.7 Å². The summed E-state index contributed by atoms with van der Waals surface area (Å²) in [4.78, 5) is 23.4. The van der Waals surface area contributed by atoms with Crippen molar-refractivity contribution >= 4 is 23.5 Å². The van der Waals surface area contributed by atoms with Gasteiger partial charge >= 0.3 is 12.4 Å². The maximum atomic E-state index is 13.0. The molecule has 188 valence electrons. The van der Waals surface area contributed by atoms with Crippen LogP contribution in [0.2, 0.25) is 0 Å². The molecule has 2 aromatic rings. The Balaban J connectivity index is 1.58. The molecule has 0 saturated carbocycles. The van der Waals surface area contributed by atoms with Gasteiger partial charge in [0.25, 0.3) is 0 Å². The average molecular weight is 500 g/mol. The summed E-state index contributed by atoms with van der Waals surface area (Å²) in [5.74, 6) is -1.14. The van der Waals surface area contributed by atoms with Gasteiger partial charge in [-0.3, -0.25) is 9.59 Å². The van der Waals surface area contributed by atoms with E-state index in [4.69, 9.17) is 5.11 Å². The maximum absolute atomic E-state index is 13.0. The Morgan fingerprint density at radius 2 is 1.66 bits per heavy atom. The van der Waals surface area contributed by atoms with Crippen LogP contribution in [-0.2, 0) is 28.4 Å². The lowest BCUT2D eigenvalue weighted by molar-refractivity contribution is -0.143. The van der Waals surface area contributed by atoms with Gasteiger partial charge in [-0.05, 0) is 53.8 Å². The van der Waals surface area contributed by atoms with Gasteiger partial charge in [-0.15, -0.1) is 0 Å². The van der Waals surface area contributed by atoms with Crippen molar-refractivity contribution in [1.29, 1.82) is 0 Å². The summed E-state index contributed by atoms with van der Waals surface area (Å²) in [6.45, 7) is -0.411. The molecule has 3 rings (SSSR count). The molecule has 0 fully saturated rings. The van der Waals surface area contributed by atoms with Gasteiger partial charge in [-0.1, -0.05) is 24.3 Å². The van der Waals surface area contributed by atoms with E-state index in [2.05, 4.69) is 10.6 Å². The van der Waals surface area contributed by atoms with Gasteiger partial charge in [0.2, 0.25) is 5.91 Å². The fourth-order valence-corrected chi connectivity index (χ4v) is 3.81. The molecular formula is C24H22F6N2O3. The number of benzene rings is 2. The maximum Gasteiger partial charge on any atom is 0.416 e. The van der Waals surface area contributed by atoms with Crippen molar-refractivity contribution in [3.63, 3.8) is 0 Å². The smallest absolute Gasteiger partial charge is 0.388 e. The largest absolute Gasteiger partial charge is 0.416 e. The molecule has 1 unspecified atom stereocenters. The summed E-state index contributed by atoms with van der Waals surface area (Å²) in [6, 6.07) is 6.46. The van der Waals surface area contributed by atoms with Crippen molar-refractivity contribution in [2.75, 3.05) is 18.5 Å². The van der Waals surface area contributed by atoms with E-state index in [1.165, 1.54) is 6.08 Å². The van der Waals surface area contributed by atoms with E-state index in [0.29, 0.717) is 12.1 Å². The second-order valence-electron chi connectivity index (χ2n) is 8.05. The topological polar surface area (TPSA) is 78.4 Å². The summed E-state index contributed by atoms with van der Waals surface area (Å²) in [6.07, 6.45) is -5.78. The number of nitrogens with one attached hydrogen (secondary N) is 2. The molecular weight excluding hydrogens is 478 g/mol. The zero-order valence-corrected chi connectivity index (χ0v) is 18.3. The molecule has 11 heteroatoms. The summed E-state index contributed by atoms with van der Waals surface area (Å²) < 4.78 is 77.8. The molecule has 0 spiro atoms. The number of hydrogen-bond acceptors (Lipinski definition) is 4. The number of fused-ring (bicyclic) bond motifs is 1. The van der Waals surface area contributed by atoms with Crippen LogP contribution in [0.3, 0.4) is 0 Å². The Labute approximate surface area is 196 Å². The fraction of sp³-hybridized carbons (Fsp3) is 0.333. The Morgan fingerprint density at radius 3 is 2.26 bits per heavy atom. The SMILES string of the molecule is O=C(/C=C/c1ccc2c(c1)CCC2NCCC(=O)Nc1cc(C(F)(F)F)cc(C(F)(F)F)c1)CO. The van der Waals surface area contributed by atoms with Crippen molar-refractivity contribution in [2.24, 2.45) is 0 Å². The van der Waals surface area contributed by atoms with Gasteiger partial charge < -0.3 is 15.7 Å². The lowest BCUT2D eigenvalue weighted by atomic mass is 10.0. The highest BCUT2D eigenvalue weighted by molar-refractivity contribution is 5.94. The summed E-state index contributed by atoms with van der Waals surface area (Å²) >= 11 is 0. The number of alkyl halides is 6. The van der Waals surface area contributed by atoms with Gasteiger partial charge in [0.05, 0.1) is 11.1 Å². The molecule has 1 aliphatic rings. The van der Waals surface area contributed by atoms with Gasteiger partial charge in [0.15, 0.2) is 5.78 Å². The normalized spacial score (nSPS) is 15.9. The molecule has 0 aromatic heterocycles. The third kappa shape index (κ3) is 7.15. The van der Waals surface area contributed by atoms with Crippen LogP contribution in [0.25, 0.3) is 6.08 Å². The number of aliphatic hydroxyl groups is 1. The Kier molecular flexibility index (Phi) is 8.01. The Bertz CT molecular complexity index is 1090. The van der Waals surface area contributed by atoms with Crippen molar-refractivity contribution in [1.82, 2.24) is 5.32 Å². The second-order valence-corrected chi connectivity index (χ2v) is 8.05. The number of aliphatic hydroxyl groups excluding tert-OH is 1. The third-order valence-corrected chi connectivity index (χ3v) is 5.48. The third-order valence-electron chi connectivity index (χ3n) is 5.48. The minimum absolute atomic E-state index is 0.000454. The molecule has 1 atom stereocenters. The number of hydrogen-bond donors (Lipinski definition) is 3. The number of aryl methyl sites for hydroxylation is 1. The molecule has 1 aliphatic carbocycles. The number of anilines is 1. The quantitative estimate of drug-likeness (QED) is 0.356. The Morgan fingerprint density at radius 1 is 1.00 bits per heavy atom. The van der Waals surface area contributed by atoms with Crippen LogP contribution in [0.5, 0.6) is 0 Å². The molecule has 35 heavy (non-hydrogen) atoms. The summed E-state index contributed by atoms with van der Waals surface area (Å²) in [5, 5.41) is 14.1. The number of rotatable bonds is 8. The van der Waals surface area contributed by atoms with Crippen LogP contribution in [0.4, 0.5) is 32.0 Å². The highest BCUT2D eigenvalue weighted by Crippen LogP contribution is 2.37. The molecule has 0 saturated heterocycles. The molecule has 1 amide bonds. The lowest BCUT2D eigenvalue weighted by Gasteiger charge is -2.16. The number of amides is 1. The molecule has 5 nitrogen and oxygen atoms in total. The lowest BCUT2D eigenvalue weighted by Crippen LogP contribution is -2.25. The molecule has 0 radical (unpaired) electrons. The number of carbonyl (C=O) groups excluding carboxylic acids is 2. The average Bonchev–Trinajstić information content (AvgIpc) is 3.18. The molecule has 0 bridgehead atoms. The van der Waals surface area contributed by atoms with E-state index in [1.807, 2.05) is 12.1 Å². The molecule has 2 aromatic carbocycles. The number of halogens is 6. The van der Waals surface area contributed by atoms with E-state index < -0.39 is 47.5 Å². The standard InChI is InChI=1S/C24H22F6N2O3/c25-23(26,27)16-10-17(24(28,29)30)12-18(11-16)32-22(35)7-8-31-21-6-3-15-9-14(2-5-20(15)21)1-4-19(34)13-33/h1-2,4-5,9-12,21,31,33H,3,6-8,13H2,(H,32,35)/b4-1+. The van der Waals surface area contributed by atoms with Crippen LogP contribution in [0, 0.1) is 0 Å². The molecule has 0 heterocycles. The van der Waals surface area contributed by atoms with E-state index in [0.717, 1.165) is 29.5 Å². The highest BCUT2D eigenvalue weighted by atomic mass is 19.4. The van der Waals surface area contributed by atoms with Gasteiger partial charge in [-0.25, -0.2) is 0 Å². The molecule has 0 aliphatic heterocycles. The first kappa shape index (κ1) is 26.4. The summed E-state index contributed by atoms with van der Waals surface area (Å²) in [5.41, 5.74) is -0.733. The predicted octanol–water partition coefficient (Wildman–Crippen LogP) is 4.90. The zero-order valence-electron chi connectivity index (χ0n) is 18.3. The van der Waals surface area contributed by atoms with E-state index in [1.54, 1.807) is 12.1 Å². The second kappa shape index (κ2) is 10.6. The first-order valence-electron chi connectivity index (χ1n) is 10.6. The fourth-order valence-electron chi connectivity index (χ4n) is 3.81. The predicted molar refractivity (Wildman–Crippen MR) is 116 cm³/mol. The van der Waals surface area contributed by atoms with Gasteiger partial charge in [0, 0.05) is 24.7 Å². The van der Waals surface area contributed by atoms with E-state index >= 15 is 0 Å². The number of ketones is 1. The first-order valence-corrected chi connectivity index (χ1v) is 10.6. The van der Waals surface area contributed by atoms with Crippen LogP contribution >= 0.6 is 0 Å². The van der Waals surface area contributed by atoms with E-state index in [9.17, 15) is 35.9 Å². The highest BCUT2D eigenvalue weighted by Gasteiger charge is 2.37. The van der Waals surface area contributed by atoms with Crippen LogP contribution in [0.1, 0.15) is 46.7 Å². The molecule has 3 N–H and O–H groups in total. The van der Waals surface area contributed by atoms with Crippen molar-refractivity contribution in [3.8, 4) is 0 Å². The van der Waals surface area contributed by atoms with Gasteiger partial charge in [-0.2, -0.15) is 26.3 Å². The van der Waals surface area contributed by atoms with E-state index in [-0.39, 0.29) is 25.1 Å². The monoisotopic (exact) mass is 500 g/mol.